The van der Waals surface area contributed by atoms with Gasteiger partial charge in [0, 0.05) is 15.8 Å². The number of aromatic hydroxyl groups is 1. The van der Waals surface area contributed by atoms with Gasteiger partial charge in [-0.15, -0.1) is 0 Å². The zero-order valence-corrected chi connectivity index (χ0v) is 17.1. The molecule has 0 saturated heterocycles. The minimum atomic E-state index is 0. The van der Waals surface area contributed by atoms with Gasteiger partial charge in [-0.3, -0.25) is 0 Å². The van der Waals surface area contributed by atoms with E-state index in [0.29, 0.717) is 5.02 Å². The van der Waals surface area contributed by atoms with Crippen LogP contribution in [0.3, 0.4) is 0 Å². The van der Waals surface area contributed by atoms with Crippen molar-refractivity contribution in [2.45, 2.75) is 6.92 Å². The number of halogens is 1. The Morgan fingerprint density at radius 2 is 1.78 bits per heavy atom. The summed E-state index contributed by atoms with van der Waals surface area (Å²) in [5.74, 6) is 0.260. The normalized spacial score (nSPS) is 10.6. The number of hydrogen-bond donors (Lipinski definition) is 1. The number of benzene rings is 2. The van der Waals surface area contributed by atoms with Crippen molar-refractivity contribution in [3.8, 4) is 5.75 Å². The van der Waals surface area contributed by atoms with E-state index in [9.17, 15) is 5.11 Å². The third-order valence-corrected chi connectivity index (χ3v) is 3.22. The molecule has 2 aromatic carbocycles. The molecular formula is C14H10ClNORf. The maximum atomic E-state index is 9.52. The summed E-state index contributed by atoms with van der Waals surface area (Å²) in [5, 5.41) is 12.2. The van der Waals surface area contributed by atoms with E-state index in [2.05, 4.69) is 4.98 Å². The molecular weight excluding hydrogens is 501 g/mol. The number of nitrogens with zero attached hydrogens (tertiary/aromatic N) is 1. The number of pyridine rings is 1. The van der Waals surface area contributed by atoms with Gasteiger partial charge in [0.25, 0.3) is 0 Å². The van der Waals surface area contributed by atoms with Crippen molar-refractivity contribution in [1.82, 2.24) is 4.98 Å². The monoisotopic (exact) mass is 510 g/mol. The minimum absolute atomic E-state index is 0. The van der Waals surface area contributed by atoms with E-state index in [0.717, 1.165) is 27.4 Å². The summed E-state index contributed by atoms with van der Waals surface area (Å²) >= 11 is 5.97. The summed E-state index contributed by atoms with van der Waals surface area (Å²) in [6, 6.07) is 10.9. The number of aryl methyl sites for hydroxylation is 1. The van der Waals surface area contributed by atoms with Gasteiger partial charge in [-0.25, -0.2) is 4.98 Å². The van der Waals surface area contributed by atoms with Gasteiger partial charge < -0.3 is 5.11 Å². The summed E-state index contributed by atoms with van der Waals surface area (Å²) < 4.78 is 0. The van der Waals surface area contributed by atoms with E-state index in [4.69, 9.17) is 11.6 Å². The Bertz CT molecular complexity index is 743. The summed E-state index contributed by atoms with van der Waals surface area (Å²) in [6.45, 7) is 2.03. The van der Waals surface area contributed by atoms with Gasteiger partial charge in [0.15, 0.2) is 0 Å². The Morgan fingerprint density at radius 1 is 1.00 bits per heavy atom. The van der Waals surface area contributed by atoms with Gasteiger partial charge in [0.05, 0.1) is 11.0 Å². The molecule has 1 heterocycles. The van der Waals surface area contributed by atoms with Gasteiger partial charge in [-0.2, -0.15) is 0 Å². The van der Waals surface area contributed by atoms with Gasteiger partial charge in [-0.05, 0) is 42.8 Å². The van der Waals surface area contributed by atoms with Crippen LogP contribution in [0.1, 0.15) is 5.56 Å². The van der Waals surface area contributed by atoms with Crippen molar-refractivity contribution < 1.29 is 5.11 Å². The Labute approximate surface area is 103 Å². The van der Waals surface area contributed by atoms with Crippen LogP contribution in [0.4, 0.5) is 0 Å². The SMILES string of the molecule is Cc1c2ccc(Cl)cc2nc2ccc(O)cc12.[Rf]. The van der Waals surface area contributed by atoms with Crippen molar-refractivity contribution in [2.24, 2.45) is 0 Å². The Balaban J connectivity index is 0.00000120. The topological polar surface area (TPSA) is 33.1 Å². The Morgan fingerprint density at radius 3 is 2.56 bits per heavy atom. The Kier molecular flexibility index (Phi) is 2.53. The zero-order chi connectivity index (χ0) is 12.0. The van der Waals surface area contributed by atoms with Crippen LogP contribution in [0.15, 0.2) is 36.4 Å². The molecule has 3 aromatic rings. The number of rotatable bonds is 0. The van der Waals surface area contributed by atoms with Crippen LogP contribution in [-0.2, 0) is 0 Å². The van der Waals surface area contributed by atoms with Crippen LogP contribution in [0.25, 0.3) is 21.8 Å². The maximum absolute atomic E-state index is 9.52. The third-order valence-electron chi connectivity index (χ3n) is 2.99. The van der Waals surface area contributed by atoms with Gasteiger partial charge in [0.2, 0.25) is 0 Å². The second-order valence-corrected chi connectivity index (χ2v) is 4.54. The zero-order valence-electron chi connectivity index (χ0n) is 9.94. The van der Waals surface area contributed by atoms with Crippen LogP contribution >= 0.6 is 11.6 Å². The van der Waals surface area contributed by atoms with E-state index in [1.165, 1.54) is 0 Å². The van der Waals surface area contributed by atoms with Crippen LogP contribution in [0.2, 0.25) is 5.02 Å². The minimum Gasteiger partial charge on any atom is -0.508 e. The van der Waals surface area contributed by atoms with Gasteiger partial charge in [-0.1, -0.05) is 17.7 Å². The summed E-state index contributed by atoms with van der Waals surface area (Å²) in [6.07, 6.45) is 0. The predicted molar refractivity (Wildman–Crippen MR) is 70.7 cm³/mol. The number of fused-ring (bicyclic) bond motifs is 2. The quantitative estimate of drug-likeness (QED) is 0.463. The van der Waals surface area contributed by atoms with Crippen LogP contribution in [-0.4, -0.2) is 10.1 Å². The van der Waals surface area contributed by atoms with Crippen LogP contribution in [0.5, 0.6) is 5.75 Å². The average molecular weight is 511 g/mol. The standard InChI is InChI=1S/C14H10ClNO.Rf/c1-8-11-4-2-9(15)6-14(11)16-13-5-3-10(17)7-12(8)13;/h2-7,17H,1H3;. The van der Waals surface area contributed by atoms with Gasteiger partial charge >= 0.3 is 0 Å². The molecule has 0 radical (unpaired) electrons. The molecule has 86 valence electrons. The fourth-order valence-electron chi connectivity index (χ4n) is 2.11. The smallest absolute Gasteiger partial charge is 0.116 e. The molecule has 0 saturated carbocycles. The molecule has 2 nitrogen and oxygen atoms in total. The second kappa shape index (κ2) is 3.90. The fourth-order valence-corrected chi connectivity index (χ4v) is 2.28. The van der Waals surface area contributed by atoms with Crippen LogP contribution in [0, 0.1) is 6.92 Å². The summed E-state index contributed by atoms with van der Waals surface area (Å²) in [4.78, 5) is 4.54. The first-order valence-corrected chi connectivity index (χ1v) is 5.71. The predicted octanol–water partition coefficient (Wildman–Crippen LogP) is 4.06. The van der Waals surface area contributed by atoms with Crippen LogP contribution < -0.4 is 0 Å². The molecule has 0 spiro atoms. The molecule has 0 aliphatic rings. The summed E-state index contributed by atoms with van der Waals surface area (Å²) in [7, 11) is 0. The first-order valence-electron chi connectivity index (χ1n) is 5.34. The van der Waals surface area contributed by atoms with Crippen molar-refractivity contribution in [3.63, 3.8) is 0 Å². The molecule has 0 amide bonds. The molecule has 4 heteroatoms. The first kappa shape index (κ1) is 11.7. The van der Waals surface area contributed by atoms with Crippen molar-refractivity contribution in [2.75, 3.05) is 0 Å². The maximum Gasteiger partial charge on any atom is 0.116 e. The molecule has 0 fully saturated rings. The van der Waals surface area contributed by atoms with E-state index in [-0.39, 0.29) is 5.75 Å². The molecule has 18 heavy (non-hydrogen) atoms. The number of phenolic OH excluding ortho intramolecular Hbond substituents is 1. The van der Waals surface area contributed by atoms with E-state index in [1.54, 1.807) is 12.1 Å². The average Bonchev–Trinajstić information content (AvgIpc) is 2.30. The Hall–Kier alpha value is -2.80. The molecule has 0 bridgehead atoms. The summed E-state index contributed by atoms with van der Waals surface area (Å²) in [5.41, 5.74) is 2.86. The number of aromatic nitrogens is 1. The fraction of sp³-hybridized carbons (Fsp3) is 0.0714. The van der Waals surface area contributed by atoms with Gasteiger partial charge in [0.1, 0.15) is 5.75 Å². The van der Waals surface area contributed by atoms with E-state index >= 15 is 0 Å². The van der Waals surface area contributed by atoms with Crippen molar-refractivity contribution in [3.05, 3.63) is 47.0 Å². The molecule has 0 unspecified atom stereocenters. The van der Waals surface area contributed by atoms with E-state index in [1.807, 2.05) is 31.2 Å². The largest absolute Gasteiger partial charge is 0.508 e. The third kappa shape index (κ3) is 1.59. The van der Waals surface area contributed by atoms with E-state index < -0.39 is 0 Å². The molecule has 0 aliphatic heterocycles. The molecule has 1 N–H and O–H groups in total. The molecule has 3 rings (SSSR count). The van der Waals surface area contributed by atoms with Crippen molar-refractivity contribution in [1.29, 1.82) is 0 Å². The first-order chi connectivity index (χ1) is 8.15. The number of phenols is 1. The number of hydrogen-bond acceptors (Lipinski definition) is 2. The van der Waals surface area contributed by atoms with Crippen molar-refractivity contribution >= 4 is 33.4 Å². The molecule has 1 aromatic heterocycles. The molecule has 0 atom stereocenters. The second-order valence-electron chi connectivity index (χ2n) is 4.10. The molecule has 0 aliphatic carbocycles.